The number of ether oxygens (including phenoxy) is 1. The molecule has 0 radical (unpaired) electrons. The SMILES string of the molecule is CC1CC(C)CN(CCOC(C)(C)C)C1. The van der Waals surface area contributed by atoms with Gasteiger partial charge in [0.15, 0.2) is 0 Å². The number of rotatable bonds is 3. The van der Waals surface area contributed by atoms with Crippen molar-refractivity contribution < 1.29 is 4.74 Å². The minimum absolute atomic E-state index is 0.00696. The fraction of sp³-hybridized carbons (Fsp3) is 1.00. The summed E-state index contributed by atoms with van der Waals surface area (Å²) in [5.41, 5.74) is 0.00696. The maximum atomic E-state index is 5.76. The fourth-order valence-corrected chi connectivity index (χ4v) is 2.46. The molecule has 0 aromatic rings. The van der Waals surface area contributed by atoms with Gasteiger partial charge in [-0.2, -0.15) is 0 Å². The topological polar surface area (TPSA) is 12.5 Å². The van der Waals surface area contributed by atoms with Crippen molar-refractivity contribution in [3.05, 3.63) is 0 Å². The molecule has 1 rings (SSSR count). The smallest absolute Gasteiger partial charge is 0.0600 e. The van der Waals surface area contributed by atoms with Crippen LogP contribution in [0.3, 0.4) is 0 Å². The largest absolute Gasteiger partial charge is 0.375 e. The van der Waals surface area contributed by atoms with E-state index in [9.17, 15) is 0 Å². The van der Waals surface area contributed by atoms with Crippen molar-refractivity contribution in [2.75, 3.05) is 26.2 Å². The molecule has 1 aliphatic heterocycles. The number of piperidine rings is 1. The summed E-state index contributed by atoms with van der Waals surface area (Å²) in [6.45, 7) is 15.5. The molecule has 2 nitrogen and oxygen atoms in total. The Morgan fingerprint density at radius 1 is 1.13 bits per heavy atom. The van der Waals surface area contributed by atoms with Crippen LogP contribution in [0.2, 0.25) is 0 Å². The van der Waals surface area contributed by atoms with Crippen LogP contribution >= 0.6 is 0 Å². The van der Waals surface area contributed by atoms with Crippen molar-refractivity contribution in [1.29, 1.82) is 0 Å². The third kappa shape index (κ3) is 5.53. The second kappa shape index (κ2) is 5.31. The van der Waals surface area contributed by atoms with Crippen molar-refractivity contribution in [1.82, 2.24) is 4.90 Å². The maximum absolute atomic E-state index is 5.76. The molecule has 2 unspecified atom stereocenters. The van der Waals surface area contributed by atoms with E-state index in [4.69, 9.17) is 4.74 Å². The average Bonchev–Trinajstić information content (AvgIpc) is 1.99. The molecule has 1 heterocycles. The highest BCUT2D eigenvalue weighted by atomic mass is 16.5. The van der Waals surface area contributed by atoms with Gasteiger partial charge in [0.05, 0.1) is 12.2 Å². The Kier molecular flexibility index (Phi) is 4.60. The van der Waals surface area contributed by atoms with Crippen molar-refractivity contribution in [3.8, 4) is 0 Å². The Morgan fingerprint density at radius 2 is 1.67 bits per heavy atom. The molecule has 0 amide bonds. The molecule has 15 heavy (non-hydrogen) atoms. The Balaban J connectivity index is 2.21. The molecule has 1 saturated heterocycles. The van der Waals surface area contributed by atoms with Gasteiger partial charge in [0.25, 0.3) is 0 Å². The van der Waals surface area contributed by atoms with E-state index < -0.39 is 0 Å². The zero-order chi connectivity index (χ0) is 11.5. The van der Waals surface area contributed by atoms with Crippen LogP contribution in [-0.2, 0) is 4.74 Å². The van der Waals surface area contributed by atoms with Gasteiger partial charge in [-0.1, -0.05) is 13.8 Å². The van der Waals surface area contributed by atoms with E-state index in [2.05, 4.69) is 39.5 Å². The quantitative estimate of drug-likeness (QED) is 0.715. The van der Waals surface area contributed by atoms with Gasteiger partial charge in [-0.25, -0.2) is 0 Å². The standard InChI is InChI=1S/C13H27NO/c1-11-8-12(2)10-14(9-11)6-7-15-13(3,4)5/h11-12H,6-10H2,1-5H3. The highest BCUT2D eigenvalue weighted by molar-refractivity contribution is 4.74. The molecule has 90 valence electrons. The summed E-state index contributed by atoms with van der Waals surface area (Å²) in [6.07, 6.45) is 1.39. The monoisotopic (exact) mass is 213 g/mol. The number of hydrogen-bond donors (Lipinski definition) is 0. The summed E-state index contributed by atoms with van der Waals surface area (Å²) in [4.78, 5) is 2.55. The van der Waals surface area contributed by atoms with E-state index in [1.54, 1.807) is 0 Å². The van der Waals surface area contributed by atoms with E-state index in [1.165, 1.54) is 19.5 Å². The molecule has 2 atom stereocenters. The minimum Gasteiger partial charge on any atom is -0.375 e. The first kappa shape index (κ1) is 13.0. The molecule has 1 fully saturated rings. The van der Waals surface area contributed by atoms with E-state index in [1.807, 2.05) is 0 Å². The molecule has 0 aromatic carbocycles. The third-order valence-electron chi connectivity index (χ3n) is 2.89. The van der Waals surface area contributed by atoms with Gasteiger partial charge in [-0.3, -0.25) is 0 Å². The lowest BCUT2D eigenvalue weighted by molar-refractivity contribution is -0.0192. The zero-order valence-corrected chi connectivity index (χ0v) is 11.0. The Bertz CT molecular complexity index is 175. The Morgan fingerprint density at radius 3 is 2.13 bits per heavy atom. The molecule has 0 N–H and O–H groups in total. The highest BCUT2D eigenvalue weighted by Gasteiger charge is 2.21. The van der Waals surface area contributed by atoms with Gasteiger partial charge < -0.3 is 9.64 Å². The van der Waals surface area contributed by atoms with Crippen molar-refractivity contribution in [3.63, 3.8) is 0 Å². The molecule has 2 heteroatoms. The predicted octanol–water partition coefficient (Wildman–Crippen LogP) is 2.78. The second-order valence-electron chi connectivity index (χ2n) is 6.17. The van der Waals surface area contributed by atoms with E-state index in [0.29, 0.717) is 0 Å². The van der Waals surface area contributed by atoms with Gasteiger partial charge in [0.1, 0.15) is 0 Å². The molecule has 0 aliphatic carbocycles. The first-order chi connectivity index (χ1) is 6.87. The van der Waals surface area contributed by atoms with Crippen LogP contribution in [0, 0.1) is 11.8 Å². The normalized spacial score (nSPS) is 29.4. The predicted molar refractivity (Wildman–Crippen MR) is 65.1 cm³/mol. The van der Waals surface area contributed by atoms with E-state index in [0.717, 1.165) is 25.0 Å². The molecule has 0 saturated carbocycles. The summed E-state index contributed by atoms with van der Waals surface area (Å²) < 4.78 is 5.76. The summed E-state index contributed by atoms with van der Waals surface area (Å²) in [5.74, 6) is 1.70. The average molecular weight is 213 g/mol. The molecule has 0 aromatic heterocycles. The van der Waals surface area contributed by atoms with E-state index in [-0.39, 0.29) is 5.60 Å². The molecule has 0 spiro atoms. The van der Waals surface area contributed by atoms with Gasteiger partial charge >= 0.3 is 0 Å². The summed E-state index contributed by atoms with van der Waals surface area (Å²) >= 11 is 0. The molecular weight excluding hydrogens is 186 g/mol. The minimum atomic E-state index is 0.00696. The summed E-state index contributed by atoms with van der Waals surface area (Å²) in [5, 5.41) is 0. The van der Waals surface area contributed by atoms with Gasteiger partial charge in [0.2, 0.25) is 0 Å². The maximum Gasteiger partial charge on any atom is 0.0600 e. The van der Waals surface area contributed by atoms with Crippen LogP contribution in [0.5, 0.6) is 0 Å². The van der Waals surface area contributed by atoms with Gasteiger partial charge in [0, 0.05) is 19.6 Å². The Hall–Kier alpha value is -0.0800. The lowest BCUT2D eigenvalue weighted by Crippen LogP contribution is -2.41. The fourth-order valence-electron chi connectivity index (χ4n) is 2.46. The van der Waals surface area contributed by atoms with Crippen LogP contribution in [0.25, 0.3) is 0 Å². The van der Waals surface area contributed by atoms with Crippen molar-refractivity contribution >= 4 is 0 Å². The lowest BCUT2D eigenvalue weighted by atomic mass is 9.92. The number of nitrogens with zero attached hydrogens (tertiary/aromatic N) is 1. The number of likely N-dealkylation sites (tertiary alicyclic amines) is 1. The highest BCUT2D eigenvalue weighted by Crippen LogP contribution is 2.20. The Labute approximate surface area is 95.0 Å². The van der Waals surface area contributed by atoms with Crippen LogP contribution in [0.1, 0.15) is 41.0 Å². The van der Waals surface area contributed by atoms with E-state index >= 15 is 0 Å². The molecule has 0 bridgehead atoms. The van der Waals surface area contributed by atoms with Crippen LogP contribution in [-0.4, -0.2) is 36.7 Å². The summed E-state index contributed by atoms with van der Waals surface area (Å²) in [7, 11) is 0. The second-order valence-corrected chi connectivity index (χ2v) is 6.17. The summed E-state index contributed by atoms with van der Waals surface area (Å²) in [6, 6.07) is 0. The first-order valence-corrected chi connectivity index (χ1v) is 6.23. The van der Waals surface area contributed by atoms with Gasteiger partial charge in [-0.05, 0) is 39.0 Å². The van der Waals surface area contributed by atoms with Crippen molar-refractivity contribution in [2.45, 2.75) is 46.6 Å². The van der Waals surface area contributed by atoms with Gasteiger partial charge in [-0.15, -0.1) is 0 Å². The van der Waals surface area contributed by atoms with Crippen LogP contribution in [0.4, 0.5) is 0 Å². The van der Waals surface area contributed by atoms with Crippen LogP contribution in [0.15, 0.2) is 0 Å². The molecule has 1 aliphatic rings. The van der Waals surface area contributed by atoms with Crippen molar-refractivity contribution in [2.24, 2.45) is 11.8 Å². The van der Waals surface area contributed by atoms with Crippen LogP contribution < -0.4 is 0 Å². The zero-order valence-electron chi connectivity index (χ0n) is 11.0. The first-order valence-electron chi connectivity index (χ1n) is 6.23. The third-order valence-corrected chi connectivity index (χ3v) is 2.89. The lowest BCUT2D eigenvalue weighted by Gasteiger charge is -2.35. The number of hydrogen-bond acceptors (Lipinski definition) is 2. The molecular formula is C13H27NO.